The number of nitrogens with one attached hydrogen (secondary N) is 2. The first kappa shape index (κ1) is 21.4. The van der Waals surface area contributed by atoms with Gasteiger partial charge in [-0.1, -0.05) is 12.8 Å². The van der Waals surface area contributed by atoms with Crippen molar-refractivity contribution in [2.75, 3.05) is 41.0 Å². The molecule has 0 bridgehead atoms. The van der Waals surface area contributed by atoms with Crippen LogP contribution < -0.4 is 20.1 Å². The summed E-state index contributed by atoms with van der Waals surface area (Å²) in [5.74, 6) is 2.41. The molecule has 0 atom stereocenters. The molecule has 6 heteroatoms. The Hall–Kier alpha value is -1.95. The third kappa shape index (κ3) is 6.31. The highest BCUT2D eigenvalue weighted by atomic mass is 16.5. The molecule has 0 unspecified atom stereocenters. The minimum absolute atomic E-state index is 0.324. The summed E-state index contributed by atoms with van der Waals surface area (Å²) in [5, 5.41) is 6.92. The van der Waals surface area contributed by atoms with Crippen LogP contribution in [0.25, 0.3) is 0 Å². The summed E-state index contributed by atoms with van der Waals surface area (Å²) >= 11 is 0. The molecule has 2 rings (SSSR count). The summed E-state index contributed by atoms with van der Waals surface area (Å²) in [5.41, 5.74) is 1.39. The Morgan fingerprint density at radius 3 is 2.56 bits per heavy atom. The molecule has 2 N–H and O–H groups in total. The number of guanidine groups is 1. The molecule has 1 aliphatic rings. The van der Waals surface area contributed by atoms with E-state index in [9.17, 15) is 0 Å². The molecule has 152 valence electrons. The predicted octanol–water partition coefficient (Wildman–Crippen LogP) is 3.36. The van der Waals surface area contributed by atoms with E-state index in [1.54, 1.807) is 14.2 Å². The maximum atomic E-state index is 5.61. The predicted molar refractivity (Wildman–Crippen MR) is 110 cm³/mol. The van der Waals surface area contributed by atoms with Crippen LogP contribution in [0.1, 0.15) is 44.6 Å². The van der Waals surface area contributed by atoms with Crippen molar-refractivity contribution < 1.29 is 14.2 Å². The van der Waals surface area contributed by atoms with Gasteiger partial charge in [-0.25, -0.2) is 0 Å². The Kier molecular flexibility index (Phi) is 8.72. The minimum atomic E-state index is 0.324. The van der Waals surface area contributed by atoms with E-state index in [0.717, 1.165) is 49.2 Å². The summed E-state index contributed by atoms with van der Waals surface area (Å²) in [6.45, 7) is 5.25. The van der Waals surface area contributed by atoms with Crippen LogP contribution in [-0.4, -0.2) is 47.0 Å². The highest BCUT2D eigenvalue weighted by Gasteiger charge is 2.33. The van der Waals surface area contributed by atoms with E-state index in [2.05, 4.69) is 22.5 Å². The van der Waals surface area contributed by atoms with E-state index in [0.29, 0.717) is 12.0 Å². The molecule has 0 aliphatic heterocycles. The van der Waals surface area contributed by atoms with Gasteiger partial charge in [0.05, 0.1) is 14.2 Å². The molecule has 0 heterocycles. The normalized spacial score (nSPS) is 16.2. The average Bonchev–Trinajstić information content (AvgIpc) is 3.17. The van der Waals surface area contributed by atoms with E-state index < -0.39 is 0 Å². The van der Waals surface area contributed by atoms with Gasteiger partial charge in [0.2, 0.25) is 0 Å². The van der Waals surface area contributed by atoms with Crippen LogP contribution in [0, 0.1) is 5.41 Å². The number of nitrogens with zero attached hydrogens (tertiary/aromatic N) is 1. The molecule has 6 nitrogen and oxygen atoms in total. The van der Waals surface area contributed by atoms with Crippen molar-refractivity contribution >= 4 is 5.96 Å². The Morgan fingerprint density at radius 1 is 1.15 bits per heavy atom. The molecule has 1 aromatic rings. The highest BCUT2D eigenvalue weighted by molar-refractivity contribution is 5.79. The molecule has 27 heavy (non-hydrogen) atoms. The maximum absolute atomic E-state index is 5.61. The molecule has 1 aliphatic carbocycles. The molecule has 0 aromatic heterocycles. The number of ether oxygens (including phenoxy) is 3. The molecule has 1 saturated carbocycles. The topological polar surface area (TPSA) is 64.1 Å². The van der Waals surface area contributed by atoms with Gasteiger partial charge in [-0.2, -0.15) is 0 Å². The second-order valence-corrected chi connectivity index (χ2v) is 7.11. The van der Waals surface area contributed by atoms with Crippen molar-refractivity contribution in [3.8, 4) is 11.5 Å². The summed E-state index contributed by atoms with van der Waals surface area (Å²) in [6.07, 6.45) is 6.25. The van der Waals surface area contributed by atoms with Crippen LogP contribution in [0.5, 0.6) is 11.5 Å². The summed E-state index contributed by atoms with van der Waals surface area (Å²) in [6, 6.07) is 5.85. The Bertz CT molecular complexity index is 598. The molecule has 0 amide bonds. The van der Waals surface area contributed by atoms with Crippen LogP contribution in [0.15, 0.2) is 23.2 Å². The van der Waals surface area contributed by atoms with Gasteiger partial charge in [-0.3, -0.25) is 4.99 Å². The summed E-state index contributed by atoms with van der Waals surface area (Å²) in [4.78, 5) is 4.38. The Morgan fingerprint density at radius 2 is 1.93 bits per heavy atom. The van der Waals surface area contributed by atoms with Crippen molar-refractivity contribution in [2.24, 2.45) is 10.4 Å². The van der Waals surface area contributed by atoms with Gasteiger partial charge in [-0.05, 0) is 43.7 Å². The third-order valence-corrected chi connectivity index (χ3v) is 5.44. The zero-order valence-corrected chi connectivity index (χ0v) is 17.3. The first-order valence-electron chi connectivity index (χ1n) is 9.89. The molecule has 0 saturated heterocycles. The van der Waals surface area contributed by atoms with E-state index in [1.807, 2.05) is 25.2 Å². The fourth-order valence-electron chi connectivity index (χ4n) is 3.74. The standard InChI is InChI=1S/C21H35N3O3/c1-5-27-13-12-21(10-6-7-11-21)16-24-20(22-2)23-15-17-8-9-18(25-3)14-19(17)26-4/h8-9,14H,5-7,10-13,15-16H2,1-4H3,(H2,22,23,24). The SMILES string of the molecule is CCOCCC1(CNC(=NC)NCc2ccc(OC)cc2OC)CCCC1. The van der Waals surface area contributed by atoms with E-state index in [-0.39, 0.29) is 0 Å². The zero-order chi connectivity index (χ0) is 19.5. The minimum Gasteiger partial charge on any atom is -0.497 e. The number of methoxy groups -OCH3 is 2. The first-order valence-corrected chi connectivity index (χ1v) is 9.89. The molecule has 1 fully saturated rings. The molecular formula is C21H35N3O3. The lowest BCUT2D eigenvalue weighted by atomic mass is 9.83. The lowest BCUT2D eigenvalue weighted by Crippen LogP contribution is -2.43. The van der Waals surface area contributed by atoms with Gasteiger partial charge >= 0.3 is 0 Å². The average molecular weight is 378 g/mol. The van der Waals surface area contributed by atoms with Gasteiger partial charge in [0, 0.05) is 45.0 Å². The van der Waals surface area contributed by atoms with E-state index >= 15 is 0 Å². The Labute approximate surface area is 163 Å². The molecule has 0 radical (unpaired) electrons. The maximum Gasteiger partial charge on any atom is 0.191 e. The van der Waals surface area contributed by atoms with Crippen molar-refractivity contribution in [3.63, 3.8) is 0 Å². The largest absolute Gasteiger partial charge is 0.497 e. The van der Waals surface area contributed by atoms with Crippen molar-refractivity contribution in [3.05, 3.63) is 23.8 Å². The van der Waals surface area contributed by atoms with Crippen LogP contribution in [0.3, 0.4) is 0 Å². The third-order valence-electron chi connectivity index (χ3n) is 5.44. The number of rotatable bonds is 10. The number of hydrogen-bond acceptors (Lipinski definition) is 4. The van der Waals surface area contributed by atoms with Gasteiger partial charge in [0.15, 0.2) is 5.96 Å². The van der Waals surface area contributed by atoms with Crippen molar-refractivity contribution in [1.29, 1.82) is 0 Å². The van der Waals surface area contributed by atoms with Crippen LogP contribution in [-0.2, 0) is 11.3 Å². The van der Waals surface area contributed by atoms with Crippen LogP contribution in [0.2, 0.25) is 0 Å². The molecule has 0 spiro atoms. The number of aliphatic imine (C=N–C) groups is 1. The molecular weight excluding hydrogens is 342 g/mol. The monoisotopic (exact) mass is 377 g/mol. The zero-order valence-electron chi connectivity index (χ0n) is 17.3. The van der Waals surface area contributed by atoms with Gasteiger partial charge in [0.25, 0.3) is 0 Å². The summed E-state index contributed by atoms with van der Waals surface area (Å²) < 4.78 is 16.3. The van der Waals surface area contributed by atoms with Gasteiger partial charge < -0.3 is 24.8 Å². The van der Waals surface area contributed by atoms with E-state index in [4.69, 9.17) is 14.2 Å². The first-order chi connectivity index (χ1) is 13.2. The van der Waals surface area contributed by atoms with Gasteiger partial charge in [0.1, 0.15) is 11.5 Å². The van der Waals surface area contributed by atoms with Crippen molar-refractivity contribution in [1.82, 2.24) is 10.6 Å². The molecule has 1 aromatic carbocycles. The second kappa shape index (κ2) is 11.0. The summed E-state index contributed by atoms with van der Waals surface area (Å²) in [7, 11) is 5.14. The van der Waals surface area contributed by atoms with E-state index in [1.165, 1.54) is 25.7 Å². The smallest absolute Gasteiger partial charge is 0.191 e. The van der Waals surface area contributed by atoms with Crippen molar-refractivity contribution in [2.45, 2.75) is 45.6 Å². The lowest BCUT2D eigenvalue weighted by Gasteiger charge is -2.30. The second-order valence-electron chi connectivity index (χ2n) is 7.11. The quantitative estimate of drug-likeness (QED) is 0.372. The van der Waals surface area contributed by atoms with Crippen LogP contribution in [0.4, 0.5) is 0 Å². The fraction of sp³-hybridized carbons (Fsp3) is 0.667. The Balaban J connectivity index is 1.90. The highest BCUT2D eigenvalue weighted by Crippen LogP contribution is 2.40. The fourth-order valence-corrected chi connectivity index (χ4v) is 3.74. The van der Waals surface area contributed by atoms with Gasteiger partial charge in [-0.15, -0.1) is 0 Å². The van der Waals surface area contributed by atoms with Crippen LogP contribution >= 0.6 is 0 Å². The lowest BCUT2D eigenvalue weighted by molar-refractivity contribution is 0.105. The number of benzene rings is 1. The number of hydrogen-bond donors (Lipinski definition) is 2.